The third-order valence-electron chi connectivity index (χ3n) is 11.5. The lowest BCUT2D eigenvalue weighted by Gasteiger charge is -2.39. The Hall–Kier alpha value is -6.90. The molecular weight excluding hydrogens is 665 g/mol. The quantitative estimate of drug-likeness (QED) is 0.165. The summed E-state index contributed by atoms with van der Waals surface area (Å²) in [5, 5.41) is 0. The van der Waals surface area contributed by atoms with E-state index >= 15 is 0 Å². The van der Waals surface area contributed by atoms with Gasteiger partial charge in [-0.2, -0.15) is 0 Å². The molecule has 0 aliphatic heterocycles. The Balaban J connectivity index is 1.12. The number of hydrogen-bond donors (Lipinski definition) is 0. The second-order valence-electron chi connectivity index (χ2n) is 14.5. The van der Waals surface area contributed by atoms with Crippen molar-refractivity contribution in [1.29, 1.82) is 0 Å². The zero-order valence-corrected chi connectivity index (χ0v) is 30.3. The van der Waals surface area contributed by atoms with Crippen molar-refractivity contribution < 1.29 is 0 Å². The minimum atomic E-state index is -0.331. The van der Waals surface area contributed by atoms with Gasteiger partial charge in [0, 0.05) is 23.0 Å². The lowest BCUT2D eigenvalue weighted by molar-refractivity contribution is 0.457. The van der Waals surface area contributed by atoms with E-state index in [1.165, 1.54) is 38.9 Å². The van der Waals surface area contributed by atoms with Crippen LogP contribution >= 0.6 is 0 Å². The number of benzene rings is 7. The van der Waals surface area contributed by atoms with Crippen LogP contribution in [0.5, 0.6) is 0 Å². The second-order valence-corrected chi connectivity index (χ2v) is 14.5. The van der Waals surface area contributed by atoms with Crippen LogP contribution in [-0.4, -0.2) is 9.97 Å². The third-order valence-corrected chi connectivity index (χ3v) is 11.5. The molecule has 10 rings (SSSR count). The zero-order valence-electron chi connectivity index (χ0n) is 30.3. The van der Waals surface area contributed by atoms with E-state index in [4.69, 9.17) is 9.97 Å². The highest BCUT2D eigenvalue weighted by Crippen LogP contribution is 2.60. The topological polar surface area (TPSA) is 25.8 Å². The Morgan fingerprint density at radius 3 is 1.58 bits per heavy atom. The van der Waals surface area contributed by atoms with Gasteiger partial charge < -0.3 is 0 Å². The number of allylic oxidation sites excluding steroid dienone is 4. The van der Waals surface area contributed by atoms with Crippen molar-refractivity contribution in [1.82, 2.24) is 9.97 Å². The van der Waals surface area contributed by atoms with Gasteiger partial charge >= 0.3 is 0 Å². The molecule has 8 aromatic rings. The van der Waals surface area contributed by atoms with E-state index in [-0.39, 0.29) is 17.3 Å². The average Bonchev–Trinajstić information content (AvgIpc) is 3.58. The van der Waals surface area contributed by atoms with Gasteiger partial charge in [0.25, 0.3) is 0 Å². The fourth-order valence-electron chi connectivity index (χ4n) is 8.94. The first-order valence-corrected chi connectivity index (χ1v) is 19.1. The smallest absolute Gasteiger partial charge is 0.160 e. The molecule has 1 heterocycles. The highest BCUT2D eigenvalue weighted by molar-refractivity contribution is 5.81. The van der Waals surface area contributed by atoms with Gasteiger partial charge in [-0.25, -0.2) is 9.97 Å². The van der Waals surface area contributed by atoms with Crippen LogP contribution in [0, 0.1) is 5.92 Å². The highest BCUT2D eigenvalue weighted by Gasteiger charge is 2.53. The summed E-state index contributed by atoms with van der Waals surface area (Å²) in [6.45, 7) is 0. The normalized spacial score (nSPS) is 16.5. The second kappa shape index (κ2) is 13.8. The van der Waals surface area contributed by atoms with Gasteiger partial charge in [-0.15, -0.1) is 0 Å². The van der Waals surface area contributed by atoms with Gasteiger partial charge in [0.2, 0.25) is 0 Å². The van der Waals surface area contributed by atoms with Crippen molar-refractivity contribution in [3.63, 3.8) is 0 Å². The molecule has 260 valence electrons. The molecule has 2 unspecified atom stereocenters. The molecule has 2 heteroatoms. The van der Waals surface area contributed by atoms with Gasteiger partial charge in [-0.3, -0.25) is 0 Å². The molecule has 0 spiro atoms. The van der Waals surface area contributed by atoms with Gasteiger partial charge in [0.05, 0.1) is 16.8 Å². The first-order chi connectivity index (χ1) is 27.3. The Kier molecular flexibility index (Phi) is 8.22. The first-order valence-electron chi connectivity index (χ1n) is 19.1. The minimum Gasteiger partial charge on any atom is -0.228 e. The molecule has 2 atom stereocenters. The van der Waals surface area contributed by atoms with E-state index < -0.39 is 0 Å². The number of rotatable bonds is 7. The van der Waals surface area contributed by atoms with Crippen molar-refractivity contribution in [3.05, 3.63) is 246 Å². The van der Waals surface area contributed by atoms with Crippen LogP contribution in [0.15, 0.2) is 218 Å². The largest absolute Gasteiger partial charge is 0.228 e. The van der Waals surface area contributed by atoms with Crippen molar-refractivity contribution in [2.24, 2.45) is 5.92 Å². The average molecular weight is 703 g/mol. The predicted molar refractivity (Wildman–Crippen MR) is 226 cm³/mol. The van der Waals surface area contributed by atoms with E-state index in [1.807, 2.05) is 0 Å². The Bertz CT molecular complexity index is 2640. The van der Waals surface area contributed by atoms with Crippen LogP contribution in [0.25, 0.3) is 50.5 Å². The van der Waals surface area contributed by atoms with Crippen LogP contribution in [0.4, 0.5) is 0 Å². The number of fused-ring (bicyclic) bond motifs is 3. The number of nitrogens with zero attached hydrogens (tertiary/aromatic N) is 2. The van der Waals surface area contributed by atoms with Gasteiger partial charge in [0.15, 0.2) is 5.82 Å². The number of aromatic nitrogens is 2. The summed E-state index contributed by atoms with van der Waals surface area (Å²) in [5.74, 6) is 1.06. The lowest BCUT2D eigenvalue weighted by Crippen LogP contribution is -2.35. The Morgan fingerprint density at radius 2 is 0.909 bits per heavy atom. The summed E-state index contributed by atoms with van der Waals surface area (Å²) in [5.41, 5.74) is 14.7. The molecule has 0 radical (unpaired) electrons. The maximum absolute atomic E-state index is 5.33. The monoisotopic (exact) mass is 702 g/mol. The molecule has 2 aliphatic rings. The van der Waals surface area contributed by atoms with Crippen molar-refractivity contribution >= 4 is 5.57 Å². The molecule has 55 heavy (non-hydrogen) atoms. The van der Waals surface area contributed by atoms with Crippen LogP contribution in [0.3, 0.4) is 0 Å². The van der Waals surface area contributed by atoms with E-state index in [1.54, 1.807) is 0 Å². The van der Waals surface area contributed by atoms with Crippen LogP contribution in [-0.2, 0) is 5.41 Å². The maximum atomic E-state index is 5.33. The first kappa shape index (κ1) is 32.7. The van der Waals surface area contributed by atoms with Crippen LogP contribution in [0.1, 0.15) is 33.9 Å². The predicted octanol–water partition coefficient (Wildman–Crippen LogP) is 12.8. The van der Waals surface area contributed by atoms with Gasteiger partial charge in [-0.05, 0) is 62.2 Å². The maximum Gasteiger partial charge on any atom is 0.160 e. The fraction of sp³-hybridized carbons (Fsp3) is 0.0566. The molecule has 7 aromatic carbocycles. The van der Waals surface area contributed by atoms with Crippen molar-refractivity contribution in [2.75, 3.05) is 0 Å². The molecule has 0 fully saturated rings. The molecule has 0 saturated carbocycles. The van der Waals surface area contributed by atoms with E-state index in [9.17, 15) is 0 Å². The SMILES string of the molecule is C1=CC2C(C=C1c1cc(-c3cccc(-c4ccccc4)c3)nc(-c3ccc(-c4ccccc4)cc3)n1)c1ccccc1C2(c1ccccc1)c1ccccc1. The number of hydrogen-bond acceptors (Lipinski definition) is 2. The molecular formula is C53H38N2. The lowest BCUT2D eigenvalue weighted by atomic mass is 9.63. The zero-order chi connectivity index (χ0) is 36.6. The van der Waals surface area contributed by atoms with Crippen LogP contribution < -0.4 is 0 Å². The summed E-state index contributed by atoms with van der Waals surface area (Å²) in [6, 6.07) is 71.7. The molecule has 1 aromatic heterocycles. The Labute approximate surface area is 322 Å². The molecule has 0 amide bonds. The summed E-state index contributed by atoms with van der Waals surface area (Å²) in [7, 11) is 0. The summed E-state index contributed by atoms with van der Waals surface area (Å²) in [4.78, 5) is 10.6. The van der Waals surface area contributed by atoms with Crippen molar-refractivity contribution in [2.45, 2.75) is 11.3 Å². The van der Waals surface area contributed by atoms with Gasteiger partial charge in [-0.1, -0.05) is 206 Å². The van der Waals surface area contributed by atoms with Crippen LogP contribution in [0.2, 0.25) is 0 Å². The third kappa shape index (κ3) is 5.75. The molecule has 2 nitrogen and oxygen atoms in total. The molecule has 0 bridgehead atoms. The standard InChI is InChI=1S/C53H38N2/c1-5-16-37(17-6-1)39-28-30-40(31-29-39)52-54-50(42-21-15-20-41(34-42)38-18-7-2-8-19-38)36-51(55-52)43-32-33-49-47(35-43)46-26-13-14-27-48(46)53(49,44-22-9-3-10-23-44)45-24-11-4-12-25-45/h1-36,47,49H. The van der Waals surface area contributed by atoms with Gasteiger partial charge in [0.1, 0.15) is 0 Å². The molecule has 0 saturated heterocycles. The van der Waals surface area contributed by atoms with E-state index in [0.29, 0.717) is 5.82 Å². The van der Waals surface area contributed by atoms with E-state index in [2.05, 4.69) is 218 Å². The minimum absolute atomic E-state index is 0.157. The summed E-state index contributed by atoms with van der Waals surface area (Å²) in [6.07, 6.45) is 7.22. The highest BCUT2D eigenvalue weighted by atomic mass is 14.9. The summed E-state index contributed by atoms with van der Waals surface area (Å²) < 4.78 is 0. The van der Waals surface area contributed by atoms with E-state index in [0.717, 1.165) is 33.7 Å². The fourth-order valence-corrected chi connectivity index (χ4v) is 8.94. The molecule has 2 aliphatic carbocycles. The molecule has 0 N–H and O–H groups in total. The summed E-state index contributed by atoms with van der Waals surface area (Å²) >= 11 is 0. The Morgan fingerprint density at radius 1 is 0.400 bits per heavy atom. The van der Waals surface area contributed by atoms with Crippen molar-refractivity contribution in [3.8, 4) is 44.9 Å².